The van der Waals surface area contributed by atoms with E-state index in [1.54, 1.807) is 0 Å². The van der Waals surface area contributed by atoms with Crippen molar-refractivity contribution in [3.05, 3.63) is 0 Å². The summed E-state index contributed by atoms with van der Waals surface area (Å²) in [5.74, 6) is 0. The third-order valence-corrected chi connectivity index (χ3v) is 11.7. The van der Waals surface area contributed by atoms with E-state index in [4.69, 9.17) is 52.1 Å². The van der Waals surface area contributed by atoms with Crippen molar-refractivity contribution in [2.45, 2.75) is 172 Å². The molecule has 0 saturated carbocycles. The van der Waals surface area contributed by atoms with Gasteiger partial charge in [-0.3, -0.25) is 0 Å². The SMILES string of the molecule is OC[C@@H]1O[C@@H](O[C@H]2[C@@H](O)[C@@H](CO[C@@H]3O[C@H](CO)[C@H](O)[C@H](O)[C@H]3O)O[C@@H](OC[C@H]3O[C@@H](OC[C@H]4OC(O)[C@H](O)[C@@H](O[C@@H]5O[C@@H](CO)[C@H](O)[C@H]5O)[C@H]4O)[C@H](O)[C@@H](O)[C@H]3O)[C@@H]2O)[C@H](O)[C@H]1O. The van der Waals surface area contributed by atoms with Crippen molar-refractivity contribution in [1.82, 2.24) is 0 Å². The lowest BCUT2D eigenvalue weighted by Gasteiger charge is -2.45. The first kappa shape index (κ1) is 51.2. The third kappa shape index (κ3) is 10.8. The summed E-state index contributed by atoms with van der Waals surface area (Å²) in [6.45, 7) is -4.65. The quantitative estimate of drug-likeness (QED) is 0.0683. The molecule has 0 aromatic carbocycles. The van der Waals surface area contributed by atoms with E-state index in [0.717, 1.165) is 0 Å². The van der Waals surface area contributed by atoms with Gasteiger partial charge >= 0.3 is 0 Å². The molecule has 6 saturated heterocycles. The summed E-state index contributed by atoms with van der Waals surface area (Å²) >= 11 is 0. The molecule has 6 fully saturated rings. The predicted octanol–water partition coefficient (Wildman–Crippen LogP) is -12.8. The Kier molecular flexibility index (Phi) is 17.8. The molecule has 1 unspecified atom stereocenters. The minimum atomic E-state index is -2.04. The van der Waals surface area contributed by atoms with E-state index >= 15 is 0 Å². The summed E-state index contributed by atoms with van der Waals surface area (Å²) in [5, 5.41) is 187. The second kappa shape index (κ2) is 21.9. The van der Waals surface area contributed by atoms with Gasteiger partial charge in [0.2, 0.25) is 0 Å². The van der Waals surface area contributed by atoms with Gasteiger partial charge in [0.05, 0.1) is 39.6 Å². The number of aliphatic hydroxyl groups is 18. The summed E-state index contributed by atoms with van der Waals surface area (Å²) in [6.07, 6.45) is -49.5. The maximum atomic E-state index is 11.3. The Labute approximate surface area is 355 Å². The van der Waals surface area contributed by atoms with Gasteiger partial charge in [0.25, 0.3) is 0 Å². The highest BCUT2D eigenvalue weighted by Crippen LogP contribution is 2.34. The molecule has 0 bridgehead atoms. The van der Waals surface area contributed by atoms with Crippen molar-refractivity contribution < 1.29 is 144 Å². The normalized spacial score (nSPS) is 53.2. The Balaban J connectivity index is 1.11. The molecule has 6 rings (SSSR count). The van der Waals surface area contributed by atoms with Crippen LogP contribution in [0.15, 0.2) is 0 Å². The molecule has 368 valence electrons. The molecule has 6 aliphatic heterocycles. The lowest BCUT2D eigenvalue weighted by Crippen LogP contribution is -2.64. The molecule has 0 aromatic heterocycles. The van der Waals surface area contributed by atoms with Crippen LogP contribution in [0.4, 0.5) is 0 Å². The fourth-order valence-corrected chi connectivity index (χ4v) is 7.78. The lowest BCUT2D eigenvalue weighted by atomic mass is 9.97. The first-order chi connectivity index (χ1) is 29.8. The van der Waals surface area contributed by atoms with E-state index in [1.807, 2.05) is 0 Å². The molecule has 18 N–H and O–H groups in total. The topological polar surface area (TPSA) is 466 Å². The summed E-state index contributed by atoms with van der Waals surface area (Å²) in [4.78, 5) is 0. The molecule has 28 atom stereocenters. The monoisotopic (exact) mass is 930 g/mol. The maximum absolute atomic E-state index is 11.3. The van der Waals surface area contributed by atoms with Crippen molar-refractivity contribution in [3.8, 4) is 0 Å². The van der Waals surface area contributed by atoms with Crippen LogP contribution in [0.2, 0.25) is 0 Å². The van der Waals surface area contributed by atoms with Crippen LogP contribution in [0.25, 0.3) is 0 Å². The van der Waals surface area contributed by atoms with Gasteiger partial charge in [-0.25, -0.2) is 0 Å². The highest BCUT2D eigenvalue weighted by atomic mass is 16.8. The van der Waals surface area contributed by atoms with Crippen LogP contribution in [0, 0.1) is 0 Å². The van der Waals surface area contributed by atoms with E-state index in [-0.39, 0.29) is 0 Å². The number of rotatable bonds is 16. The summed E-state index contributed by atoms with van der Waals surface area (Å²) < 4.78 is 60.2. The summed E-state index contributed by atoms with van der Waals surface area (Å²) in [5.41, 5.74) is 0. The maximum Gasteiger partial charge on any atom is 0.187 e. The second-order valence-corrected chi connectivity index (χ2v) is 15.9. The molecule has 0 amide bonds. The molecular weight excluding hydrogens is 872 g/mol. The van der Waals surface area contributed by atoms with Crippen LogP contribution in [0.5, 0.6) is 0 Å². The Hall–Kier alpha value is -1.16. The molecule has 63 heavy (non-hydrogen) atoms. The molecule has 0 aromatic rings. The number of hydrogen-bond acceptors (Lipinski definition) is 29. The van der Waals surface area contributed by atoms with Crippen LogP contribution >= 0.6 is 0 Å². The van der Waals surface area contributed by atoms with Gasteiger partial charge in [-0.2, -0.15) is 0 Å². The fourth-order valence-electron chi connectivity index (χ4n) is 7.78. The smallest absolute Gasteiger partial charge is 0.187 e. The van der Waals surface area contributed by atoms with Gasteiger partial charge in [0.15, 0.2) is 37.7 Å². The van der Waals surface area contributed by atoms with Crippen molar-refractivity contribution in [3.63, 3.8) is 0 Å². The second-order valence-electron chi connectivity index (χ2n) is 15.9. The Bertz CT molecular complexity index is 1410. The highest BCUT2D eigenvalue weighted by molar-refractivity contribution is 4.97. The largest absolute Gasteiger partial charge is 0.394 e. The van der Waals surface area contributed by atoms with Gasteiger partial charge in [-0.05, 0) is 0 Å². The number of ether oxygens (including phenoxy) is 11. The van der Waals surface area contributed by atoms with Crippen LogP contribution in [0.3, 0.4) is 0 Å². The molecule has 6 aliphatic rings. The molecule has 6 heterocycles. The van der Waals surface area contributed by atoms with Gasteiger partial charge < -0.3 is 144 Å². The molecule has 29 heteroatoms. The standard InChI is InChI=1S/C34H58O29/c35-1-7-13(38)19(44)23(48)30(57-7)54-6-12-18(43)28(63-34-22(47)15(40)9(3-37)59-34)26(51)32(61-12)55-4-10-16(41)20(45)24(49)31(60-10)53-5-11-17(42)27(25(50)29(52)56-11)62-33-21(46)14(39)8(2-36)58-33/h7-52H,1-6H2/t7-,8+,9+,10-,11-,12-,13+,14+,15+,16+,17+,18+,19+,20+,21-,22-,23-,24-,25-,26-,27+,28+,29?,30-,31-,32-,33+,34+/m1/s1. The summed E-state index contributed by atoms with van der Waals surface area (Å²) in [7, 11) is 0. The van der Waals surface area contributed by atoms with Gasteiger partial charge in [-0.1, -0.05) is 0 Å². The first-order valence-corrected chi connectivity index (χ1v) is 19.9. The molecular formula is C34H58O29. The van der Waals surface area contributed by atoms with E-state index in [0.29, 0.717) is 0 Å². The Morgan fingerprint density at radius 3 is 0.968 bits per heavy atom. The number of hydrogen-bond donors (Lipinski definition) is 18. The zero-order chi connectivity index (χ0) is 46.2. The zero-order valence-corrected chi connectivity index (χ0v) is 32.9. The zero-order valence-electron chi connectivity index (χ0n) is 32.9. The molecule has 0 spiro atoms. The van der Waals surface area contributed by atoms with Gasteiger partial charge in [-0.15, -0.1) is 0 Å². The average molecular weight is 931 g/mol. The minimum Gasteiger partial charge on any atom is -0.394 e. The Morgan fingerprint density at radius 1 is 0.270 bits per heavy atom. The third-order valence-electron chi connectivity index (χ3n) is 11.7. The first-order valence-electron chi connectivity index (χ1n) is 19.9. The van der Waals surface area contributed by atoms with E-state index in [2.05, 4.69) is 0 Å². The van der Waals surface area contributed by atoms with Crippen molar-refractivity contribution >= 4 is 0 Å². The van der Waals surface area contributed by atoms with Crippen LogP contribution in [0.1, 0.15) is 0 Å². The van der Waals surface area contributed by atoms with Gasteiger partial charge in [0.1, 0.15) is 134 Å². The molecule has 29 nitrogen and oxygen atoms in total. The van der Waals surface area contributed by atoms with Crippen molar-refractivity contribution in [2.75, 3.05) is 39.6 Å². The van der Waals surface area contributed by atoms with Gasteiger partial charge in [0, 0.05) is 0 Å². The van der Waals surface area contributed by atoms with E-state index in [1.165, 1.54) is 0 Å². The fraction of sp³-hybridized carbons (Fsp3) is 1.00. The molecule has 0 radical (unpaired) electrons. The van der Waals surface area contributed by atoms with E-state index in [9.17, 15) is 91.9 Å². The minimum absolute atomic E-state index is 0.720. The Morgan fingerprint density at radius 2 is 0.556 bits per heavy atom. The van der Waals surface area contributed by atoms with Crippen LogP contribution in [-0.4, -0.2) is 304 Å². The predicted molar refractivity (Wildman–Crippen MR) is 187 cm³/mol. The average Bonchev–Trinajstić information content (AvgIpc) is 3.70. The number of aliphatic hydroxyl groups excluding tert-OH is 18. The van der Waals surface area contributed by atoms with Crippen molar-refractivity contribution in [2.24, 2.45) is 0 Å². The highest BCUT2D eigenvalue weighted by Gasteiger charge is 2.54. The molecule has 0 aliphatic carbocycles. The van der Waals surface area contributed by atoms with E-state index < -0.39 is 212 Å². The van der Waals surface area contributed by atoms with Crippen molar-refractivity contribution in [1.29, 1.82) is 0 Å². The van der Waals surface area contributed by atoms with Crippen LogP contribution < -0.4 is 0 Å². The lowest BCUT2D eigenvalue weighted by molar-refractivity contribution is -0.358. The summed E-state index contributed by atoms with van der Waals surface area (Å²) in [6, 6.07) is 0. The van der Waals surface area contributed by atoms with Crippen LogP contribution in [-0.2, 0) is 52.1 Å².